The molecule has 1 aromatic rings. The van der Waals surface area contributed by atoms with E-state index in [1.807, 2.05) is 25.7 Å². The van der Waals surface area contributed by atoms with Gasteiger partial charge in [-0.2, -0.15) is 0 Å². The van der Waals surface area contributed by atoms with E-state index in [1.54, 1.807) is 0 Å². The van der Waals surface area contributed by atoms with Crippen molar-refractivity contribution in [3.8, 4) is 0 Å². The molecule has 1 amide bonds. The molecule has 0 saturated carbocycles. The Balaban J connectivity index is 1.63. The minimum atomic E-state index is -0.488. The summed E-state index contributed by atoms with van der Waals surface area (Å²) in [4.78, 5) is 19.4. The summed E-state index contributed by atoms with van der Waals surface area (Å²) < 4.78 is 18.7. The van der Waals surface area contributed by atoms with Crippen LogP contribution in [0.2, 0.25) is 0 Å². The molecular formula is C28H47BN4O4. The molecule has 0 unspecified atom stereocenters. The van der Waals surface area contributed by atoms with Gasteiger partial charge in [-0.1, -0.05) is 0 Å². The van der Waals surface area contributed by atoms with Crippen molar-refractivity contribution in [1.29, 1.82) is 0 Å². The maximum atomic E-state index is 12.6. The number of benzene rings is 1. The summed E-state index contributed by atoms with van der Waals surface area (Å²) in [5.74, 6) is 0. The van der Waals surface area contributed by atoms with Crippen LogP contribution < -0.4 is 15.7 Å². The fraction of sp³-hybridized carbons (Fsp3) is 0.750. The number of rotatable bonds is 4. The monoisotopic (exact) mass is 514 g/mol. The highest BCUT2D eigenvalue weighted by Gasteiger charge is 2.52. The molecule has 0 aromatic heterocycles. The Bertz CT molecular complexity index is 977. The first-order valence-electron chi connectivity index (χ1n) is 13.8. The second kappa shape index (κ2) is 10.4. The molecule has 1 aromatic carbocycles. The normalized spacial score (nSPS) is 22.5. The largest absolute Gasteiger partial charge is 0.495 e. The predicted octanol–water partition coefficient (Wildman–Crippen LogP) is 3.06. The van der Waals surface area contributed by atoms with Crippen molar-refractivity contribution in [2.24, 2.45) is 0 Å². The molecule has 0 atom stereocenters. The van der Waals surface area contributed by atoms with E-state index in [2.05, 4.69) is 62.7 Å². The lowest BCUT2D eigenvalue weighted by Crippen LogP contribution is -2.51. The lowest BCUT2D eigenvalue weighted by Gasteiger charge is -2.38. The van der Waals surface area contributed by atoms with Crippen molar-refractivity contribution < 1.29 is 18.8 Å². The van der Waals surface area contributed by atoms with Gasteiger partial charge >= 0.3 is 13.2 Å². The van der Waals surface area contributed by atoms with Crippen LogP contribution in [0.3, 0.4) is 0 Å². The summed E-state index contributed by atoms with van der Waals surface area (Å²) in [7, 11) is -0.408. The average molecular weight is 515 g/mol. The molecule has 3 fully saturated rings. The van der Waals surface area contributed by atoms with E-state index in [0.717, 1.165) is 51.3 Å². The fourth-order valence-electron chi connectivity index (χ4n) is 5.35. The Labute approximate surface area is 224 Å². The van der Waals surface area contributed by atoms with Crippen LogP contribution in [-0.4, -0.2) is 92.2 Å². The molecule has 3 aliphatic heterocycles. The van der Waals surface area contributed by atoms with E-state index in [1.165, 1.54) is 22.4 Å². The molecule has 206 valence electrons. The summed E-state index contributed by atoms with van der Waals surface area (Å²) in [6.45, 7) is 26.4. The third-order valence-electron chi connectivity index (χ3n) is 8.35. The van der Waals surface area contributed by atoms with Gasteiger partial charge in [-0.3, -0.25) is 4.90 Å². The van der Waals surface area contributed by atoms with Crippen molar-refractivity contribution in [2.75, 3.05) is 57.3 Å². The van der Waals surface area contributed by atoms with Crippen molar-refractivity contribution in [1.82, 2.24) is 15.1 Å². The van der Waals surface area contributed by atoms with Crippen LogP contribution in [0, 0.1) is 13.8 Å². The molecule has 1 N–H and O–H groups in total. The van der Waals surface area contributed by atoms with E-state index in [9.17, 15) is 4.79 Å². The predicted molar refractivity (Wildman–Crippen MR) is 150 cm³/mol. The van der Waals surface area contributed by atoms with Crippen LogP contribution in [0.4, 0.5) is 10.5 Å². The second-order valence-electron chi connectivity index (χ2n) is 12.8. The molecule has 3 heterocycles. The number of hydrogen-bond acceptors (Lipinski definition) is 7. The standard InChI is InChI=1S/C28H47BN4O4/c1-20-22(19-31-12-10-30-11-13-31)18-23(21(2)24(20)29-36-27(6,7)28(8,9)37-29)32-14-16-33(17-15-32)25(34)35-26(3,4)5/h18,30H,10-17,19H2,1-9H3. The zero-order chi connectivity index (χ0) is 27.2. The van der Waals surface area contributed by atoms with Crippen molar-refractivity contribution in [3.05, 3.63) is 22.8 Å². The maximum Gasteiger partial charge on any atom is 0.495 e. The smallest absolute Gasteiger partial charge is 0.444 e. The number of carbonyl (C=O) groups excluding carboxylic acids is 1. The molecule has 0 radical (unpaired) electrons. The number of hydrogen-bond donors (Lipinski definition) is 1. The maximum absolute atomic E-state index is 12.6. The lowest BCUT2D eigenvalue weighted by molar-refractivity contribution is 0.00578. The Morgan fingerprint density at radius 1 is 0.973 bits per heavy atom. The second-order valence-corrected chi connectivity index (χ2v) is 12.8. The Morgan fingerprint density at radius 2 is 1.54 bits per heavy atom. The zero-order valence-corrected chi connectivity index (χ0v) is 24.5. The van der Waals surface area contributed by atoms with Crippen molar-refractivity contribution >= 4 is 24.4 Å². The first-order valence-corrected chi connectivity index (χ1v) is 13.8. The number of amides is 1. The van der Waals surface area contributed by atoms with Crippen molar-refractivity contribution in [2.45, 2.75) is 85.7 Å². The number of anilines is 1. The molecule has 3 saturated heterocycles. The van der Waals surface area contributed by atoms with Gasteiger partial charge in [0.1, 0.15) is 5.60 Å². The Hall–Kier alpha value is -1.81. The van der Waals surface area contributed by atoms with Gasteiger partial charge in [0.2, 0.25) is 0 Å². The van der Waals surface area contributed by atoms with Crippen LogP contribution in [0.25, 0.3) is 0 Å². The Kier molecular flexibility index (Phi) is 7.93. The highest BCUT2D eigenvalue weighted by atomic mass is 16.7. The molecule has 4 rings (SSSR count). The van der Waals surface area contributed by atoms with Gasteiger partial charge in [0.25, 0.3) is 0 Å². The summed E-state index contributed by atoms with van der Waals surface area (Å²) in [6, 6.07) is 2.37. The van der Waals surface area contributed by atoms with E-state index in [0.29, 0.717) is 13.1 Å². The average Bonchev–Trinajstić information content (AvgIpc) is 3.02. The van der Waals surface area contributed by atoms with Crippen LogP contribution >= 0.6 is 0 Å². The third-order valence-corrected chi connectivity index (χ3v) is 8.35. The van der Waals surface area contributed by atoms with Gasteiger partial charge in [0.05, 0.1) is 11.2 Å². The third kappa shape index (κ3) is 6.10. The van der Waals surface area contributed by atoms with Crippen LogP contribution in [-0.2, 0) is 20.6 Å². The van der Waals surface area contributed by atoms with E-state index in [4.69, 9.17) is 14.0 Å². The molecular weight excluding hydrogens is 467 g/mol. The number of nitrogens with zero attached hydrogens (tertiary/aromatic N) is 3. The summed E-state index contributed by atoms with van der Waals surface area (Å²) in [6.07, 6.45) is -0.231. The van der Waals surface area contributed by atoms with Gasteiger partial charge in [0, 0.05) is 64.6 Å². The van der Waals surface area contributed by atoms with E-state index < -0.39 is 23.9 Å². The molecule has 37 heavy (non-hydrogen) atoms. The number of nitrogens with one attached hydrogen (secondary N) is 1. The first-order chi connectivity index (χ1) is 17.2. The number of carbonyl (C=O) groups is 1. The minimum absolute atomic E-state index is 0.231. The van der Waals surface area contributed by atoms with Crippen molar-refractivity contribution in [3.63, 3.8) is 0 Å². The molecule has 9 heteroatoms. The fourth-order valence-corrected chi connectivity index (χ4v) is 5.35. The Morgan fingerprint density at radius 3 is 2.08 bits per heavy atom. The molecule has 0 bridgehead atoms. The zero-order valence-electron chi connectivity index (χ0n) is 24.5. The topological polar surface area (TPSA) is 66.5 Å². The van der Waals surface area contributed by atoms with Crippen LogP contribution in [0.5, 0.6) is 0 Å². The molecule has 8 nitrogen and oxygen atoms in total. The lowest BCUT2D eigenvalue weighted by atomic mass is 9.71. The van der Waals surface area contributed by atoms with Crippen LogP contribution in [0.15, 0.2) is 6.07 Å². The van der Waals surface area contributed by atoms with Gasteiger partial charge < -0.3 is 29.2 Å². The minimum Gasteiger partial charge on any atom is -0.444 e. The molecule has 3 aliphatic rings. The van der Waals surface area contributed by atoms with Gasteiger partial charge in [0.15, 0.2) is 0 Å². The van der Waals surface area contributed by atoms with Crippen LogP contribution in [0.1, 0.15) is 65.2 Å². The van der Waals surface area contributed by atoms with Gasteiger partial charge in [-0.05, 0) is 90.5 Å². The number of piperazine rings is 2. The number of ether oxygens (including phenoxy) is 1. The van der Waals surface area contributed by atoms with Gasteiger partial charge in [-0.25, -0.2) is 4.79 Å². The highest BCUT2D eigenvalue weighted by molar-refractivity contribution is 6.63. The highest BCUT2D eigenvalue weighted by Crippen LogP contribution is 2.38. The van der Waals surface area contributed by atoms with Gasteiger partial charge in [-0.15, -0.1) is 0 Å². The first kappa shape index (κ1) is 28.2. The molecule has 0 aliphatic carbocycles. The van der Waals surface area contributed by atoms with E-state index >= 15 is 0 Å². The SMILES string of the molecule is Cc1c(CN2CCNCC2)cc(N2CCN(C(=O)OC(C)(C)C)CC2)c(C)c1B1OC(C)(C)C(C)(C)O1. The summed E-state index contributed by atoms with van der Waals surface area (Å²) >= 11 is 0. The van der Waals surface area contributed by atoms with E-state index in [-0.39, 0.29) is 6.09 Å². The molecule has 0 spiro atoms. The quantitative estimate of drug-likeness (QED) is 0.620. The summed E-state index contributed by atoms with van der Waals surface area (Å²) in [5, 5.41) is 3.46. The summed E-state index contributed by atoms with van der Waals surface area (Å²) in [5.41, 5.74) is 4.85.